The van der Waals surface area contributed by atoms with Crippen molar-refractivity contribution in [1.82, 2.24) is 0 Å². The van der Waals surface area contributed by atoms with Gasteiger partial charge >= 0.3 is 0 Å². The van der Waals surface area contributed by atoms with Crippen LogP contribution in [0.5, 0.6) is 0 Å². The molecule has 0 bridgehead atoms. The zero-order chi connectivity index (χ0) is 27.3. The van der Waals surface area contributed by atoms with Gasteiger partial charge in [-0.1, -0.05) is 111 Å². The molecule has 41 heavy (non-hydrogen) atoms. The Morgan fingerprint density at radius 1 is 0.512 bits per heavy atom. The molecule has 0 fully saturated rings. The number of benzene rings is 7. The van der Waals surface area contributed by atoms with Crippen LogP contribution < -0.4 is 0 Å². The highest BCUT2D eigenvalue weighted by Crippen LogP contribution is 2.49. The molecule has 0 atom stereocenters. The van der Waals surface area contributed by atoms with Gasteiger partial charge in [-0.3, -0.25) is 0 Å². The topological polar surface area (TPSA) is 0 Å². The van der Waals surface area contributed by atoms with E-state index in [1.54, 1.807) is 0 Å². The fourth-order valence-electron chi connectivity index (χ4n) is 7.46. The van der Waals surface area contributed by atoms with Crippen LogP contribution in [0.2, 0.25) is 0 Å². The van der Waals surface area contributed by atoms with Crippen molar-refractivity contribution in [3.63, 3.8) is 0 Å². The molecule has 7 aromatic carbocycles. The van der Waals surface area contributed by atoms with E-state index >= 15 is 0 Å². The van der Waals surface area contributed by atoms with Crippen LogP contribution in [0, 0.1) is 0 Å². The van der Waals surface area contributed by atoms with Crippen LogP contribution >= 0.6 is 11.3 Å². The Morgan fingerprint density at radius 3 is 2.17 bits per heavy atom. The SMILES string of the molecule is CC1(C)c2ccccc2-c2ccc(Cc3cc4cc5ccc6sc7ccccc7c6c5cc4c4ccccc34)cc21. The van der Waals surface area contributed by atoms with E-state index in [0.717, 1.165) is 6.42 Å². The first-order valence-corrected chi connectivity index (χ1v) is 15.3. The van der Waals surface area contributed by atoms with Crippen LogP contribution in [0.3, 0.4) is 0 Å². The highest BCUT2D eigenvalue weighted by molar-refractivity contribution is 7.26. The van der Waals surface area contributed by atoms with Crippen molar-refractivity contribution in [2.75, 3.05) is 0 Å². The van der Waals surface area contributed by atoms with Crippen LogP contribution in [0.4, 0.5) is 0 Å². The zero-order valence-corrected chi connectivity index (χ0v) is 24.0. The van der Waals surface area contributed by atoms with Gasteiger partial charge in [0, 0.05) is 25.6 Å². The highest BCUT2D eigenvalue weighted by Gasteiger charge is 2.35. The van der Waals surface area contributed by atoms with Gasteiger partial charge in [0.05, 0.1) is 0 Å². The smallest absolute Gasteiger partial charge is 0.0361 e. The summed E-state index contributed by atoms with van der Waals surface area (Å²) in [5.74, 6) is 0. The van der Waals surface area contributed by atoms with Gasteiger partial charge in [-0.05, 0) is 96.4 Å². The van der Waals surface area contributed by atoms with Crippen molar-refractivity contribution in [2.24, 2.45) is 0 Å². The van der Waals surface area contributed by atoms with E-state index in [-0.39, 0.29) is 5.41 Å². The largest absolute Gasteiger partial charge is 0.135 e. The van der Waals surface area contributed by atoms with Gasteiger partial charge in [-0.15, -0.1) is 11.3 Å². The lowest BCUT2D eigenvalue weighted by Gasteiger charge is -2.22. The molecule has 0 nitrogen and oxygen atoms in total. The average Bonchev–Trinajstić information content (AvgIpc) is 3.49. The molecule has 9 rings (SSSR count). The van der Waals surface area contributed by atoms with Crippen LogP contribution in [0.15, 0.2) is 121 Å². The first-order valence-electron chi connectivity index (χ1n) is 14.5. The minimum absolute atomic E-state index is 0.0173. The molecular formula is C40H28S. The number of hydrogen-bond donors (Lipinski definition) is 0. The third-order valence-corrected chi connectivity index (χ3v) is 10.6. The average molecular weight is 541 g/mol. The summed E-state index contributed by atoms with van der Waals surface area (Å²) in [6, 6.07) is 45.8. The third-order valence-electron chi connectivity index (χ3n) is 9.46. The van der Waals surface area contributed by atoms with Crippen LogP contribution in [-0.2, 0) is 11.8 Å². The van der Waals surface area contributed by atoms with Gasteiger partial charge in [0.25, 0.3) is 0 Å². The molecule has 1 aliphatic carbocycles. The summed E-state index contributed by atoms with van der Waals surface area (Å²) in [5.41, 5.74) is 8.43. The van der Waals surface area contributed by atoms with Gasteiger partial charge in [0.1, 0.15) is 0 Å². The number of hydrogen-bond acceptors (Lipinski definition) is 1. The van der Waals surface area contributed by atoms with Crippen molar-refractivity contribution in [3.05, 3.63) is 144 Å². The summed E-state index contributed by atoms with van der Waals surface area (Å²) in [6.07, 6.45) is 0.919. The number of rotatable bonds is 2. The maximum absolute atomic E-state index is 2.47. The quantitative estimate of drug-likeness (QED) is 0.151. The Labute approximate surface area is 243 Å². The first-order chi connectivity index (χ1) is 20.1. The Morgan fingerprint density at radius 2 is 1.27 bits per heavy atom. The zero-order valence-electron chi connectivity index (χ0n) is 23.2. The molecular weight excluding hydrogens is 513 g/mol. The third kappa shape index (κ3) is 3.27. The van der Waals surface area contributed by atoms with Gasteiger partial charge in [-0.2, -0.15) is 0 Å². The molecule has 0 saturated heterocycles. The summed E-state index contributed by atoms with van der Waals surface area (Å²) in [5, 5.41) is 10.8. The predicted octanol–water partition coefficient (Wildman–Crippen LogP) is 11.4. The predicted molar refractivity (Wildman–Crippen MR) is 179 cm³/mol. The second-order valence-electron chi connectivity index (χ2n) is 12.1. The van der Waals surface area contributed by atoms with Crippen LogP contribution in [0.25, 0.3) is 63.6 Å². The molecule has 8 aromatic rings. The summed E-state index contributed by atoms with van der Waals surface area (Å²) in [7, 11) is 0. The normalized spacial score (nSPS) is 13.9. The van der Waals surface area contributed by atoms with Crippen molar-refractivity contribution in [1.29, 1.82) is 0 Å². The molecule has 1 aromatic heterocycles. The van der Waals surface area contributed by atoms with Crippen molar-refractivity contribution >= 4 is 63.8 Å². The van der Waals surface area contributed by atoms with Crippen molar-refractivity contribution in [3.8, 4) is 11.1 Å². The summed E-state index contributed by atoms with van der Waals surface area (Å²) >= 11 is 1.89. The Balaban J connectivity index is 1.24. The molecule has 0 radical (unpaired) electrons. The monoisotopic (exact) mass is 540 g/mol. The van der Waals surface area contributed by atoms with Crippen LogP contribution in [-0.4, -0.2) is 0 Å². The minimum Gasteiger partial charge on any atom is -0.135 e. The second kappa shape index (κ2) is 8.28. The van der Waals surface area contributed by atoms with Crippen molar-refractivity contribution in [2.45, 2.75) is 25.7 Å². The minimum atomic E-state index is 0.0173. The fourth-order valence-corrected chi connectivity index (χ4v) is 8.58. The number of thiophene rings is 1. The van der Waals surface area contributed by atoms with E-state index in [9.17, 15) is 0 Å². The maximum Gasteiger partial charge on any atom is 0.0361 e. The van der Waals surface area contributed by atoms with E-state index in [1.165, 1.54) is 85.9 Å². The van der Waals surface area contributed by atoms with E-state index in [2.05, 4.69) is 135 Å². The van der Waals surface area contributed by atoms with E-state index in [4.69, 9.17) is 0 Å². The molecule has 0 spiro atoms. The summed E-state index contributed by atoms with van der Waals surface area (Å²) in [4.78, 5) is 0. The molecule has 0 amide bonds. The molecule has 0 saturated carbocycles. The molecule has 0 N–H and O–H groups in total. The second-order valence-corrected chi connectivity index (χ2v) is 13.2. The molecule has 194 valence electrons. The lowest BCUT2D eigenvalue weighted by atomic mass is 9.81. The van der Waals surface area contributed by atoms with E-state index in [0.29, 0.717) is 0 Å². The van der Waals surface area contributed by atoms with Gasteiger partial charge in [0.15, 0.2) is 0 Å². The molecule has 0 unspecified atom stereocenters. The molecule has 1 heteroatoms. The first kappa shape index (κ1) is 23.3. The number of fused-ring (bicyclic) bond motifs is 11. The lowest BCUT2D eigenvalue weighted by molar-refractivity contribution is 0.659. The van der Waals surface area contributed by atoms with Gasteiger partial charge < -0.3 is 0 Å². The Kier molecular flexibility index (Phi) is 4.70. The fraction of sp³-hybridized carbons (Fsp3) is 0.100. The van der Waals surface area contributed by atoms with Gasteiger partial charge in [-0.25, -0.2) is 0 Å². The summed E-state index contributed by atoms with van der Waals surface area (Å²) < 4.78 is 2.72. The van der Waals surface area contributed by atoms with Crippen molar-refractivity contribution < 1.29 is 0 Å². The summed E-state index contributed by atoms with van der Waals surface area (Å²) in [6.45, 7) is 4.73. The molecule has 0 aliphatic heterocycles. The van der Waals surface area contributed by atoms with Gasteiger partial charge in [0.2, 0.25) is 0 Å². The molecule has 1 heterocycles. The maximum atomic E-state index is 2.47. The Bertz CT molecular complexity index is 2370. The van der Waals surface area contributed by atoms with E-state index < -0.39 is 0 Å². The highest BCUT2D eigenvalue weighted by atomic mass is 32.1. The van der Waals surface area contributed by atoms with E-state index in [1.807, 2.05) is 11.3 Å². The lowest BCUT2D eigenvalue weighted by Crippen LogP contribution is -2.15. The Hall–Kier alpha value is -4.46. The standard InChI is InChI=1S/C40H28S/c1-40(2)35-13-7-5-11-30(35)31-17-15-24(20-36(31)40)19-26-22-27-21-25-16-18-38-39(32-12-6-8-14-37(32)41-38)34(25)23-33(27)29-10-4-3-9-28(26)29/h3-18,20-23H,19H2,1-2H3. The van der Waals surface area contributed by atoms with Crippen LogP contribution in [0.1, 0.15) is 36.1 Å². The molecule has 1 aliphatic rings.